The first-order chi connectivity index (χ1) is 9.19. The number of rotatable bonds is 5. The smallest absolute Gasteiger partial charge is 0.133 e. The fourth-order valence-corrected chi connectivity index (χ4v) is 2.26. The quantitative estimate of drug-likeness (QED) is 0.850. The molecule has 1 saturated heterocycles. The molecule has 5 nitrogen and oxygen atoms in total. The van der Waals surface area contributed by atoms with E-state index in [-0.39, 0.29) is 0 Å². The topological polar surface area (TPSA) is 59.1 Å². The van der Waals surface area contributed by atoms with E-state index in [1.807, 2.05) is 6.07 Å². The molecule has 1 unspecified atom stereocenters. The minimum atomic E-state index is 0.321. The number of nitrogens with one attached hydrogen (secondary N) is 2. The molecule has 0 spiro atoms. The Kier molecular flexibility index (Phi) is 5.10. The summed E-state index contributed by atoms with van der Waals surface area (Å²) in [5, 5.41) is 6.91. The van der Waals surface area contributed by atoms with Crippen molar-refractivity contribution in [3.05, 3.63) is 17.6 Å². The van der Waals surface area contributed by atoms with Crippen LogP contribution >= 0.6 is 0 Å². The van der Waals surface area contributed by atoms with Crippen LogP contribution in [0, 0.1) is 0 Å². The van der Waals surface area contributed by atoms with Gasteiger partial charge in [-0.15, -0.1) is 0 Å². The van der Waals surface area contributed by atoms with E-state index in [2.05, 4.69) is 34.4 Å². The molecule has 1 aromatic rings. The Morgan fingerprint density at radius 3 is 2.95 bits per heavy atom. The molecule has 2 rings (SSSR count). The van der Waals surface area contributed by atoms with Gasteiger partial charge >= 0.3 is 0 Å². The number of nitrogens with zero attached hydrogens (tertiary/aromatic N) is 2. The zero-order chi connectivity index (χ0) is 13.7. The average Bonchev–Trinajstić information content (AvgIpc) is 2.40. The fraction of sp³-hybridized carbons (Fsp3) is 0.714. The maximum Gasteiger partial charge on any atom is 0.133 e. The largest absolute Gasteiger partial charge is 0.378 e. The molecular weight excluding hydrogens is 240 g/mol. The summed E-state index contributed by atoms with van der Waals surface area (Å²) in [6.45, 7) is 6.87. The molecule has 1 fully saturated rings. The Labute approximate surface area is 115 Å². The summed E-state index contributed by atoms with van der Waals surface area (Å²) in [6.07, 6.45) is 2.40. The summed E-state index contributed by atoms with van der Waals surface area (Å²) in [5.74, 6) is 2.11. The second-order valence-electron chi connectivity index (χ2n) is 5.38. The Balaban J connectivity index is 2.12. The van der Waals surface area contributed by atoms with E-state index >= 15 is 0 Å². The fourth-order valence-electron chi connectivity index (χ4n) is 2.26. The van der Waals surface area contributed by atoms with Crippen LogP contribution in [0.4, 0.5) is 5.82 Å². The third kappa shape index (κ3) is 4.14. The molecular formula is C14H24N4O. The minimum Gasteiger partial charge on any atom is -0.378 e. The van der Waals surface area contributed by atoms with Crippen LogP contribution in [0.15, 0.2) is 6.07 Å². The van der Waals surface area contributed by atoms with Gasteiger partial charge in [0.15, 0.2) is 0 Å². The second-order valence-corrected chi connectivity index (χ2v) is 5.38. The number of methoxy groups -OCH3 is 1. The van der Waals surface area contributed by atoms with Crippen molar-refractivity contribution in [3.63, 3.8) is 0 Å². The Morgan fingerprint density at radius 1 is 1.47 bits per heavy atom. The van der Waals surface area contributed by atoms with E-state index in [4.69, 9.17) is 4.74 Å². The molecule has 2 N–H and O–H groups in total. The molecule has 0 aliphatic carbocycles. The highest BCUT2D eigenvalue weighted by Gasteiger charge is 2.15. The van der Waals surface area contributed by atoms with Crippen molar-refractivity contribution in [2.45, 2.75) is 45.3 Å². The Hall–Kier alpha value is -1.20. The van der Waals surface area contributed by atoms with Gasteiger partial charge in [0.05, 0.1) is 12.3 Å². The summed E-state index contributed by atoms with van der Waals surface area (Å²) in [5.41, 5.74) is 0.937. The highest BCUT2D eigenvalue weighted by molar-refractivity contribution is 5.37. The zero-order valence-electron chi connectivity index (χ0n) is 12.1. The number of ether oxygens (including phenoxy) is 1. The van der Waals surface area contributed by atoms with Crippen LogP contribution in [0.5, 0.6) is 0 Å². The standard InChI is InChI=1S/C14H24N4O/c1-10(2)14-17-12(9-19-3)7-13(18-14)16-11-5-4-6-15-8-11/h7,10-11,15H,4-6,8-9H2,1-3H3,(H,16,17,18). The summed E-state index contributed by atoms with van der Waals surface area (Å²) in [4.78, 5) is 9.13. The highest BCUT2D eigenvalue weighted by Crippen LogP contribution is 2.16. The van der Waals surface area contributed by atoms with Gasteiger partial charge in [-0.05, 0) is 19.4 Å². The lowest BCUT2D eigenvalue weighted by atomic mass is 10.1. The van der Waals surface area contributed by atoms with Crippen LogP contribution in [0.3, 0.4) is 0 Å². The van der Waals surface area contributed by atoms with E-state index in [0.29, 0.717) is 18.6 Å². The lowest BCUT2D eigenvalue weighted by molar-refractivity contribution is 0.181. The molecule has 0 saturated carbocycles. The molecule has 0 radical (unpaired) electrons. The molecule has 106 valence electrons. The van der Waals surface area contributed by atoms with Gasteiger partial charge in [0.2, 0.25) is 0 Å². The Bertz CT molecular complexity index is 402. The van der Waals surface area contributed by atoms with Crippen LogP contribution in [0.2, 0.25) is 0 Å². The van der Waals surface area contributed by atoms with Crippen molar-refractivity contribution in [1.29, 1.82) is 0 Å². The SMILES string of the molecule is COCc1cc(NC2CCCNC2)nc(C(C)C)n1. The number of anilines is 1. The van der Waals surface area contributed by atoms with Gasteiger partial charge in [0.25, 0.3) is 0 Å². The van der Waals surface area contributed by atoms with Crippen molar-refractivity contribution in [2.24, 2.45) is 0 Å². The van der Waals surface area contributed by atoms with Gasteiger partial charge in [-0.25, -0.2) is 9.97 Å². The number of piperidine rings is 1. The van der Waals surface area contributed by atoms with Crippen molar-refractivity contribution in [1.82, 2.24) is 15.3 Å². The normalized spacial score (nSPS) is 19.7. The predicted octanol–water partition coefficient (Wildman–Crippen LogP) is 1.91. The van der Waals surface area contributed by atoms with Gasteiger partial charge < -0.3 is 15.4 Å². The van der Waals surface area contributed by atoms with Crippen LogP contribution in [0.1, 0.15) is 44.1 Å². The molecule has 5 heteroatoms. The summed E-state index contributed by atoms with van der Waals surface area (Å²) >= 11 is 0. The molecule has 1 atom stereocenters. The average molecular weight is 264 g/mol. The third-order valence-corrected chi connectivity index (χ3v) is 3.25. The molecule has 1 aliphatic heterocycles. The molecule has 0 amide bonds. The van der Waals surface area contributed by atoms with Crippen molar-refractivity contribution >= 4 is 5.82 Å². The molecule has 1 aliphatic rings. The molecule has 19 heavy (non-hydrogen) atoms. The molecule has 0 aromatic carbocycles. The predicted molar refractivity (Wildman–Crippen MR) is 76.3 cm³/mol. The number of hydrogen-bond donors (Lipinski definition) is 2. The van der Waals surface area contributed by atoms with Crippen LogP contribution in [0.25, 0.3) is 0 Å². The van der Waals surface area contributed by atoms with E-state index in [9.17, 15) is 0 Å². The lowest BCUT2D eigenvalue weighted by Gasteiger charge is -2.24. The monoisotopic (exact) mass is 264 g/mol. The summed E-state index contributed by atoms with van der Waals surface area (Å²) < 4.78 is 5.18. The van der Waals surface area contributed by atoms with Gasteiger partial charge in [-0.1, -0.05) is 13.8 Å². The van der Waals surface area contributed by atoms with Gasteiger partial charge in [-0.2, -0.15) is 0 Å². The first kappa shape index (κ1) is 14.2. The van der Waals surface area contributed by atoms with Gasteiger partial charge in [0, 0.05) is 31.7 Å². The maximum atomic E-state index is 5.18. The first-order valence-electron chi connectivity index (χ1n) is 7.03. The van der Waals surface area contributed by atoms with Gasteiger partial charge in [0.1, 0.15) is 11.6 Å². The Morgan fingerprint density at radius 2 is 2.32 bits per heavy atom. The molecule has 2 heterocycles. The summed E-state index contributed by atoms with van der Waals surface area (Å²) in [6, 6.07) is 2.45. The highest BCUT2D eigenvalue weighted by atomic mass is 16.5. The van der Waals surface area contributed by atoms with Crippen LogP contribution in [-0.4, -0.2) is 36.2 Å². The van der Waals surface area contributed by atoms with Crippen LogP contribution < -0.4 is 10.6 Å². The number of hydrogen-bond acceptors (Lipinski definition) is 5. The molecule has 0 bridgehead atoms. The van der Waals surface area contributed by atoms with Crippen molar-refractivity contribution in [2.75, 3.05) is 25.5 Å². The summed E-state index contributed by atoms with van der Waals surface area (Å²) in [7, 11) is 1.69. The van der Waals surface area contributed by atoms with Crippen molar-refractivity contribution < 1.29 is 4.74 Å². The molecule has 1 aromatic heterocycles. The maximum absolute atomic E-state index is 5.18. The van der Waals surface area contributed by atoms with Crippen LogP contribution in [-0.2, 0) is 11.3 Å². The first-order valence-corrected chi connectivity index (χ1v) is 7.03. The lowest BCUT2D eigenvalue weighted by Crippen LogP contribution is -2.38. The zero-order valence-corrected chi connectivity index (χ0v) is 12.1. The minimum absolute atomic E-state index is 0.321. The second kappa shape index (κ2) is 6.82. The van der Waals surface area contributed by atoms with Gasteiger partial charge in [-0.3, -0.25) is 0 Å². The van der Waals surface area contributed by atoms with E-state index < -0.39 is 0 Å². The number of aromatic nitrogens is 2. The third-order valence-electron chi connectivity index (χ3n) is 3.25. The van der Waals surface area contributed by atoms with E-state index in [1.54, 1.807) is 7.11 Å². The van der Waals surface area contributed by atoms with E-state index in [1.165, 1.54) is 12.8 Å². The van der Waals surface area contributed by atoms with Crippen molar-refractivity contribution in [3.8, 4) is 0 Å². The van der Waals surface area contributed by atoms with E-state index in [0.717, 1.165) is 30.4 Å².